The normalized spacial score (nSPS) is 19.2. The van der Waals surface area contributed by atoms with Crippen LogP contribution in [0.15, 0.2) is 33.5 Å². The molecule has 0 aliphatic carbocycles. The highest BCUT2D eigenvalue weighted by Crippen LogP contribution is 2.39. The number of rotatable bonds is 4. The van der Waals surface area contributed by atoms with Crippen LogP contribution in [0.3, 0.4) is 0 Å². The van der Waals surface area contributed by atoms with Gasteiger partial charge in [0.25, 0.3) is 5.56 Å². The van der Waals surface area contributed by atoms with Gasteiger partial charge in [0.05, 0.1) is 29.0 Å². The molecular weight excluding hydrogens is 460 g/mol. The minimum Gasteiger partial charge on any atom is -0.458 e. The summed E-state index contributed by atoms with van der Waals surface area (Å²) in [6.45, 7) is 4.16. The smallest absolute Gasteiger partial charge is 0.343 e. The van der Waals surface area contributed by atoms with Crippen LogP contribution < -0.4 is 5.56 Å². The molecular formula is C24H23BrN2O4. The maximum absolute atomic E-state index is 13.3. The lowest BCUT2D eigenvalue weighted by Gasteiger charge is -2.31. The third-order valence-corrected chi connectivity index (χ3v) is 7.20. The summed E-state index contributed by atoms with van der Waals surface area (Å²) < 4.78 is 7.78. The van der Waals surface area contributed by atoms with E-state index in [4.69, 9.17) is 9.72 Å². The fourth-order valence-corrected chi connectivity index (χ4v) is 5.09. The van der Waals surface area contributed by atoms with Crippen molar-refractivity contribution in [1.29, 1.82) is 0 Å². The van der Waals surface area contributed by atoms with Crippen molar-refractivity contribution in [3.63, 3.8) is 0 Å². The number of hydrogen-bond acceptors (Lipinski definition) is 5. The van der Waals surface area contributed by atoms with Gasteiger partial charge in [-0.2, -0.15) is 0 Å². The van der Waals surface area contributed by atoms with Crippen LogP contribution in [-0.2, 0) is 34.7 Å². The second-order valence-electron chi connectivity index (χ2n) is 8.31. The number of nitrogens with zero attached hydrogens (tertiary/aromatic N) is 2. The quantitative estimate of drug-likeness (QED) is 0.441. The first-order chi connectivity index (χ1) is 14.9. The van der Waals surface area contributed by atoms with Crippen LogP contribution in [0.5, 0.6) is 0 Å². The highest BCUT2D eigenvalue weighted by molar-refractivity contribution is 9.10. The van der Waals surface area contributed by atoms with Gasteiger partial charge in [0.1, 0.15) is 6.61 Å². The molecule has 2 aliphatic rings. The van der Waals surface area contributed by atoms with Crippen molar-refractivity contribution in [3.05, 3.63) is 61.3 Å². The van der Waals surface area contributed by atoms with E-state index in [0.717, 1.165) is 45.9 Å². The number of ether oxygens (including phenoxy) is 1. The summed E-state index contributed by atoms with van der Waals surface area (Å²) in [5.74, 6) is -0.706. The average molecular weight is 483 g/mol. The average Bonchev–Trinajstić information content (AvgIpc) is 3.13. The first-order valence-electron chi connectivity index (χ1n) is 10.7. The minimum absolute atomic E-state index is 0.117. The topological polar surface area (TPSA) is 81.4 Å². The standard InChI is InChI=1S/C24H23BrN2O4/c1-3-5-6-13-7-8-18(25)15-9-14-11-27-19(21(14)26-20(13)15)10-17-16(22(27)28)12-31-23(29)24(17,30)4-2/h7-10,30H,3-6,11-12H2,1-2H3/t24-/m0/s1. The van der Waals surface area contributed by atoms with Crippen LogP contribution in [0.1, 0.15) is 55.4 Å². The van der Waals surface area contributed by atoms with E-state index in [-0.39, 0.29) is 18.6 Å². The predicted octanol–water partition coefficient (Wildman–Crippen LogP) is 4.18. The van der Waals surface area contributed by atoms with Crippen molar-refractivity contribution in [2.24, 2.45) is 0 Å². The van der Waals surface area contributed by atoms with Crippen molar-refractivity contribution in [3.8, 4) is 11.4 Å². The first-order valence-corrected chi connectivity index (χ1v) is 11.5. The molecule has 0 amide bonds. The number of esters is 1. The zero-order chi connectivity index (χ0) is 21.9. The number of cyclic esters (lactones) is 1. The predicted molar refractivity (Wildman–Crippen MR) is 121 cm³/mol. The highest BCUT2D eigenvalue weighted by atomic mass is 79.9. The van der Waals surface area contributed by atoms with Crippen LogP contribution in [0.4, 0.5) is 0 Å². The number of benzene rings is 1. The molecule has 1 atom stereocenters. The molecule has 0 fully saturated rings. The largest absolute Gasteiger partial charge is 0.458 e. The summed E-state index contributed by atoms with van der Waals surface area (Å²) in [5.41, 5.74) is 3.07. The molecule has 0 bridgehead atoms. The van der Waals surface area contributed by atoms with Crippen LogP contribution >= 0.6 is 15.9 Å². The Kier molecular flexibility index (Phi) is 4.79. The van der Waals surface area contributed by atoms with Crippen LogP contribution in [0.2, 0.25) is 0 Å². The number of aliphatic hydroxyl groups is 1. The molecule has 0 unspecified atom stereocenters. The van der Waals surface area contributed by atoms with Gasteiger partial charge in [0, 0.05) is 21.0 Å². The third kappa shape index (κ3) is 2.90. The first kappa shape index (κ1) is 20.4. The number of unbranched alkanes of at least 4 members (excludes halogenated alkanes) is 1. The van der Waals surface area contributed by atoms with Crippen LogP contribution in [0.25, 0.3) is 22.3 Å². The molecule has 5 rings (SSSR count). The molecule has 0 radical (unpaired) electrons. The van der Waals surface area contributed by atoms with E-state index >= 15 is 0 Å². The second-order valence-corrected chi connectivity index (χ2v) is 9.16. The molecule has 4 heterocycles. The number of fused-ring (bicyclic) bond motifs is 5. The Labute approximate surface area is 188 Å². The van der Waals surface area contributed by atoms with Gasteiger partial charge in [0.15, 0.2) is 5.60 Å². The molecule has 0 spiro atoms. The summed E-state index contributed by atoms with van der Waals surface area (Å²) in [5, 5.41) is 12.0. The van der Waals surface area contributed by atoms with Crippen LogP contribution in [0, 0.1) is 0 Å². The van der Waals surface area contributed by atoms with E-state index in [0.29, 0.717) is 23.4 Å². The Hall–Kier alpha value is -2.51. The van der Waals surface area contributed by atoms with Crippen molar-refractivity contribution < 1.29 is 14.6 Å². The Morgan fingerprint density at radius 2 is 2.06 bits per heavy atom. The summed E-state index contributed by atoms with van der Waals surface area (Å²) in [6.07, 6.45) is 3.24. The Bertz CT molecular complexity index is 1310. The van der Waals surface area contributed by atoms with Crippen molar-refractivity contribution in [2.75, 3.05) is 0 Å². The number of carbonyl (C=O) groups excluding carboxylic acids is 1. The lowest BCUT2D eigenvalue weighted by Crippen LogP contribution is -2.44. The van der Waals surface area contributed by atoms with Crippen molar-refractivity contribution >= 4 is 32.8 Å². The molecule has 2 aromatic heterocycles. The maximum Gasteiger partial charge on any atom is 0.343 e. The van der Waals surface area contributed by atoms with Gasteiger partial charge in [-0.1, -0.05) is 42.3 Å². The molecule has 7 heteroatoms. The maximum atomic E-state index is 13.3. The molecule has 0 saturated heterocycles. The van der Waals surface area contributed by atoms with Gasteiger partial charge in [-0.15, -0.1) is 0 Å². The van der Waals surface area contributed by atoms with E-state index in [1.807, 2.05) is 0 Å². The van der Waals surface area contributed by atoms with Gasteiger partial charge >= 0.3 is 5.97 Å². The Morgan fingerprint density at radius 3 is 2.81 bits per heavy atom. The summed E-state index contributed by atoms with van der Waals surface area (Å²) in [4.78, 5) is 30.6. The molecule has 1 aromatic carbocycles. The van der Waals surface area contributed by atoms with Gasteiger partial charge in [-0.05, 0) is 43.0 Å². The van der Waals surface area contributed by atoms with E-state index in [2.05, 4.69) is 41.1 Å². The zero-order valence-electron chi connectivity index (χ0n) is 17.5. The fourth-order valence-electron chi connectivity index (χ4n) is 4.66. The number of hydrogen-bond donors (Lipinski definition) is 1. The number of halogens is 1. The minimum atomic E-state index is -1.81. The van der Waals surface area contributed by atoms with Crippen LogP contribution in [-0.4, -0.2) is 20.6 Å². The van der Waals surface area contributed by atoms with Gasteiger partial charge in [-0.3, -0.25) is 4.79 Å². The van der Waals surface area contributed by atoms with E-state index in [9.17, 15) is 14.7 Å². The van der Waals surface area contributed by atoms with E-state index < -0.39 is 11.6 Å². The van der Waals surface area contributed by atoms with Crippen molar-refractivity contribution in [2.45, 2.75) is 58.3 Å². The number of aryl methyl sites for hydroxylation is 1. The zero-order valence-corrected chi connectivity index (χ0v) is 19.1. The lowest BCUT2D eigenvalue weighted by molar-refractivity contribution is -0.172. The summed E-state index contributed by atoms with van der Waals surface area (Å²) in [7, 11) is 0. The fraction of sp³-hybridized carbons (Fsp3) is 0.375. The molecule has 3 aromatic rings. The molecule has 31 heavy (non-hydrogen) atoms. The number of aromatic nitrogens is 2. The van der Waals surface area contributed by atoms with E-state index in [1.54, 1.807) is 17.6 Å². The lowest BCUT2D eigenvalue weighted by atomic mass is 9.86. The molecule has 0 saturated carbocycles. The summed E-state index contributed by atoms with van der Waals surface area (Å²) >= 11 is 3.65. The van der Waals surface area contributed by atoms with Crippen molar-refractivity contribution in [1.82, 2.24) is 9.55 Å². The number of pyridine rings is 2. The van der Waals surface area contributed by atoms with Gasteiger partial charge in [0.2, 0.25) is 0 Å². The second kappa shape index (κ2) is 7.28. The highest BCUT2D eigenvalue weighted by Gasteiger charge is 2.45. The van der Waals surface area contributed by atoms with Gasteiger partial charge in [-0.25, -0.2) is 9.78 Å². The molecule has 1 N–H and O–H groups in total. The number of carbonyl (C=O) groups is 1. The third-order valence-electron chi connectivity index (χ3n) is 6.51. The Morgan fingerprint density at radius 1 is 1.26 bits per heavy atom. The monoisotopic (exact) mass is 482 g/mol. The van der Waals surface area contributed by atoms with E-state index in [1.165, 1.54) is 5.56 Å². The molecule has 6 nitrogen and oxygen atoms in total. The van der Waals surface area contributed by atoms with Gasteiger partial charge < -0.3 is 14.4 Å². The Balaban J connectivity index is 1.76. The molecule has 160 valence electrons. The molecule has 2 aliphatic heterocycles. The SMILES string of the molecule is CCCCc1ccc(Br)c2cc3c(nc12)-c1cc2c(c(=O)n1C3)COC(=O)[C@]2(O)CC. The summed E-state index contributed by atoms with van der Waals surface area (Å²) in [6, 6.07) is 8.01.